The highest BCUT2D eigenvalue weighted by atomic mass is 79.9. The molecule has 33 heavy (non-hydrogen) atoms. The van der Waals surface area contributed by atoms with Gasteiger partial charge in [0.2, 0.25) is 0 Å². The van der Waals surface area contributed by atoms with Crippen LogP contribution in [0.5, 0.6) is 5.75 Å². The molecule has 0 N–H and O–H groups in total. The largest absolute Gasteiger partial charge is 0.489 e. The van der Waals surface area contributed by atoms with Crippen LogP contribution in [0.1, 0.15) is 54.9 Å². The first-order valence-electron chi connectivity index (χ1n) is 11.2. The lowest BCUT2D eigenvalue weighted by atomic mass is 10.2. The van der Waals surface area contributed by atoms with Crippen molar-refractivity contribution in [3.63, 3.8) is 0 Å². The molecule has 0 amide bonds. The standard InChI is InChI=1S/C11H12O2.C8H7NS2.C3H8.2C2H6.CH3Br/c1-9(10(2)12)8-13-11-6-4-3-5-7-11;1-10-8-9-6-4-2-3-5-7(6)11-8;1-3-2;3*1-2/h3-7H,1,8H2,2H3;2-5H,1H3;3H2,1-2H3;2*1-2H3;1H3. The van der Waals surface area contributed by atoms with Gasteiger partial charge in [0.05, 0.1) is 10.2 Å². The summed E-state index contributed by atoms with van der Waals surface area (Å²) in [5, 5.41) is 0. The van der Waals surface area contributed by atoms with E-state index in [1.54, 1.807) is 23.1 Å². The highest BCUT2D eigenvalue weighted by Crippen LogP contribution is 2.27. The van der Waals surface area contributed by atoms with Gasteiger partial charge in [0.15, 0.2) is 10.1 Å². The summed E-state index contributed by atoms with van der Waals surface area (Å²) in [7, 11) is 0. The maximum Gasteiger partial charge on any atom is 0.158 e. The number of aromatic nitrogens is 1. The van der Waals surface area contributed by atoms with Crippen LogP contribution in [-0.2, 0) is 4.79 Å². The molecule has 0 fully saturated rings. The van der Waals surface area contributed by atoms with Gasteiger partial charge in [0.1, 0.15) is 12.4 Å². The number of carbonyl (C=O) groups excluding carboxylic acids is 1. The van der Waals surface area contributed by atoms with Crippen LogP contribution in [0.25, 0.3) is 10.2 Å². The molecule has 1 aromatic heterocycles. The number of halogens is 1. The van der Waals surface area contributed by atoms with Crippen LogP contribution in [0, 0.1) is 0 Å². The number of carbonyl (C=O) groups is 1. The predicted molar refractivity (Wildman–Crippen MR) is 157 cm³/mol. The van der Waals surface area contributed by atoms with E-state index >= 15 is 0 Å². The van der Waals surface area contributed by atoms with Gasteiger partial charge in [-0.05, 0) is 43.3 Å². The predicted octanol–water partition coefficient (Wildman–Crippen LogP) is 9.71. The fourth-order valence-electron chi connectivity index (χ4n) is 1.73. The molecule has 0 aliphatic heterocycles. The molecule has 0 aliphatic rings. The molecule has 0 radical (unpaired) electrons. The van der Waals surface area contributed by atoms with Crippen molar-refractivity contribution in [3.05, 3.63) is 66.7 Å². The number of fused-ring (bicyclic) bond motifs is 1. The summed E-state index contributed by atoms with van der Waals surface area (Å²) in [5.74, 6) is 2.54. The Bertz CT molecular complexity index is 803. The Kier molecular flexibility index (Phi) is 29.0. The Labute approximate surface area is 219 Å². The minimum atomic E-state index is -0.0315. The fraction of sp³-hybridized carbons (Fsp3) is 0.407. The molecule has 0 atom stereocenters. The summed E-state index contributed by atoms with van der Waals surface area (Å²) in [4.78, 5) is 15.2. The van der Waals surface area contributed by atoms with Crippen molar-refractivity contribution < 1.29 is 9.53 Å². The van der Waals surface area contributed by atoms with Gasteiger partial charge in [-0.3, -0.25) is 4.79 Å². The number of alkyl halides is 1. The summed E-state index contributed by atoms with van der Waals surface area (Å²) in [6.45, 7) is 17.6. The Morgan fingerprint density at radius 2 is 1.48 bits per heavy atom. The third kappa shape index (κ3) is 18.5. The van der Waals surface area contributed by atoms with Crippen LogP contribution in [0.3, 0.4) is 0 Å². The number of thiazole rings is 1. The molecule has 2 aromatic carbocycles. The van der Waals surface area contributed by atoms with Crippen molar-refractivity contribution in [3.8, 4) is 5.75 Å². The van der Waals surface area contributed by atoms with Crippen LogP contribution in [0.15, 0.2) is 71.1 Å². The van der Waals surface area contributed by atoms with E-state index in [4.69, 9.17) is 4.74 Å². The van der Waals surface area contributed by atoms with Crippen LogP contribution in [0.2, 0.25) is 0 Å². The minimum Gasteiger partial charge on any atom is -0.489 e. The van der Waals surface area contributed by atoms with Gasteiger partial charge in [-0.15, -0.1) is 11.3 Å². The number of nitrogens with zero attached hydrogens (tertiary/aromatic N) is 1. The number of ketones is 1. The Balaban J connectivity index is -0.000000408. The Hall–Kier alpha value is -1.63. The van der Waals surface area contributed by atoms with Crippen molar-refractivity contribution in [1.82, 2.24) is 4.98 Å². The zero-order valence-electron chi connectivity index (χ0n) is 21.8. The summed E-state index contributed by atoms with van der Waals surface area (Å²) < 4.78 is 7.73. The van der Waals surface area contributed by atoms with Crippen LogP contribution in [0.4, 0.5) is 0 Å². The molecule has 1 heterocycles. The van der Waals surface area contributed by atoms with Crippen LogP contribution >= 0.6 is 39.0 Å². The van der Waals surface area contributed by atoms with E-state index in [1.165, 1.54) is 18.0 Å². The quantitative estimate of drug-likeness (QED) is 0.178. The van der Waals surface area contributed by atoms with Crippen molar-refractivity contribution in [1.29, 1.82) is 0 Å². The molecule has 186 valence electrons. The van der Waals surface area contributed by atoms with Crippen LogP contribution in [-0.4, -0.2) is 29.5 Å². The first-order chi connectivity index (χ1) is 16.0. The van der Waals surface area contributed by atoms with E-state index in [0.717, 1.165) is 15.6 Å². The topological polar surface area (TPSA) is 39.2 Å². The van der Waals surface area contributed by atoms with Gasteiger partial charge in [0, 0.05) is 5.57 Å². The minimum absolute atomic E-state index is 0.0315. The number of hydrogen-bond acceptors (Lipinski definition) is 5. The van der Waals surface area contributed by atoms with Crippen molar-refractivity contribution in [2.24, 2.45) is 0 Å². The number of ether oxygens (including phenoxy) is 1. The second-order valence-electron chi connectivity index (χ2n) is 5.62. The summed E-state index contributed by atoms with van der Waals surface area (Å²) >= 11 is 6.39. The molecule has 0 saturated heterocycles. The molecule has 6 heteroatoms. The molecule has 3 aromatic rings. The van der Waals surface area contributed by atoms with Gasteiger partial charge < -0.3 is 4.74 Å². The number of rotatable bonds is 5. The van der Waals surface area contributed by atoms with Gasteiger partial charge in [0.25, 0.3) is 0 Å². The second kappa shape index (κ2) is 26.6. The van der Waals surface area contributed by atoms with Crippen molar-refractivity contribution in [2.75, 3.05) is 18.7 Å². The van der Waals surface area contributed by atoms with Gasteiger partial charge >= 0.3 is 0 Å². The van der Waals surface area contributed by atoms with E-state index < -0.39 is 0 Å². The summed E-state index contributed by atoms with van der Waals surface area (Å²) in [6, 6.07) is 17.6. The number of para-hydroxylation sites is 2. The lowest BCUT2D eigenvalue weighted by Gasteiger charge is -2.05. The maximum atomic E-state index is 10.8. The molecule has 3 rings (SSSR count). The summed E-state index contributed by atoms with van der Waals surface area (Å²) in [5.41, 5.74) is 1.60. The first kappa shape index (κ1) is 35.9. The zero-order valence-corrected chi connectivity index (χ0v) is 25.0. The molecular weight excluding hydrogens is 514 g/mol. The van der Waals surface area contributed by atoms with E-state index in [1.807, 2.05) is 82.1 Å². The third-order valence-corrected chi connectivity index (χ3v) is 5.12. The second-order valence-corrected chi connectivity index (χ2v) is 7.70. The molecule has 0 bridgehead atoms. The van der Waals surface area contributed by atoms with E-state index in [-0.39, 0.29) is 12.4 Å². The Morgan fingerprint density at radius 1 is 1.00 bits per heavy atom. The molecule has 0 unspecified atom stereocenters. The lowest BCUT2D eigenvalue weighted by molar-refractivity contribution is -0.113. The third-order valence-electron chi connectivity index (χ3n) is 3.10. The summed E-state index contributed by atoms with van der Waals surface area (Å²) in [6.07, 6.45) is 3.30. The van der Waals surface area contributed by atoms with E-state index in [0.29, 0.717) is 5.57 Å². The monoisotopic (exact) mass is 555 g/mol. The number of hydrogen-bond donors (Lipinski definition) is 0. The molecule has 0 aliphatic carbocycles. The van der Waals surface area contributed by atoms with Gasteiger partial charge in [-0.1, -0.05) is 113 Å². The average molecular weight is 557 g/mol. The molecule has 3 nitrogen and oxygen atoms in total. The number of thioether (sulfide) groups is 1. The number of Topliss-reactive ketones (excluding diaryl/α,β-unsaturated/α-hetero) is 1. The van der Waals surface area contributed by atoms with Crippen LogP contribution < -0.4 is 4.74 Å². The zero-order chi connectivity index (χ0) is 26.1. The van der Waals surface area contributed by atoms with E-state index in [9.17, 15) is 4.79 Å². The Morgan fingerprint density at radius 3 is 1.94 bits per heavy atom. The molecular formula is C27H42BrNO2S2. The molecule has 0 saturated carbocycles. The smallest absolute Gasteiger partial charge is 0.158 e. The van der Waals surface area contributed by atoms with Crippen molar-refractivity contribution >= 4 is 55.0 Å². The first-order valence-corrected chi connectivity index (χ1v) is 14.8. The highest BCUT2D eigenvalue weighted by molar-refractivity contribution is 9.08. The van der Waals surface area contributed by atoms with Gasteiger partial charge in [-0.2, -0.15) is 0 Å². The highest BCUT2D eigenvalue weighted by Gasteiger charge is 2.00. The number of benzene rings is 2. The lowest BCUT2D eigenvalue weighted by Crippen LogP contribution is -2.06. The van der Waals surface area contributed by atoms with E-state index in [2.05, 4.69) is 53.7 Å². The fourth-order valence-corrected chi connectivity index (χ4v) is 3.22. The SMILES string of the molecule is C=C(COc1ccccc1)C(C)=O.CBr.CC.CC.CCC.CSc1nc2ccccc2s1. The van der Waals surface area contributed by atoms with Gasteiger partial charge in [-0.25, -0.2) is 4.98 Å². The maximum absolute atomic E-state index is 10.8. The molecule has 0 spiro atoms. The average Bonchev–Trinajstić information content (AvgIpc) is 3.31. The normalized spacial score (nSPS) is 8.30. The van der Waals surface area contributed by atoms with Crippen molar-refractivity contribution in [2.45, 2.75) is 59.2 Å².